The standard InChI is InChI=1S/C18H18F3NO4S2/c19-14-1-3-17(4-2-14)28(25,26)18-5-7-22(8-6-18)27(23,24)12-13-9-15(20)11-16(21)10-13/h1-4,9-11,18H,5-8,12H2. The summed E-state index contributed by atoms with van der Waals surface area (Å²) >= 11 is 0. The lowest BCUT2D eigenvalue weighted by atomic mass is 10.2. The van der Waals surface area contributed by atoms with Gasteiger partial charge in [-0.25, -0.2) is 34.3 Å². The summed E-state index contributed by atoms with van der Waals surface area (Å²) in [6.07, 6.45) is 0.160. The van der Waals surface area contributed by atoms with Crippen LogP contribution in [0.3, 0.4) is 0 Å². The van der Waals surface area contributed by atoms with Gasteiger partial charge < -0.3 is 0 Å². The van der Waals surface area contributed by atoms with Crippen molar-refractivity contribution in [3.63, 3.8) is 0 Å². The van der Waals surface area contributed by atoms with Crippen LogP contribution in [0, 0.1) is 17.5 Å². The Balaban J connectivity index is 1.69. The normalized spacial score (nSPS) is 17.0. The van der Waals surface area contributed by atoms with Gasteiger partial charge in [-0.1, -0.05) is 0 Å². The molecule has 1 aliphatic heterocycles. The zero-order valence-corrected chi connectivity index (χ0v) is 16.3. The molecule has 0 N–H and O–H groups in total. The molecule has 0 atom stereocenters. The lowest BCUT2D eigenvalue weighted by molar-refractivity contribution is 0.345. The van der Waals surface area contributed by atoms with Crippen LogP contribution in [0.4, 0.5) is 13.2 Å². The Morgan fingerprint density at radius 2 is 1.36 bits per heavy atom. The van der Waals surface area contributed by atoms with Gasteiger partial charge in [-0.3, -0.25) is 0 Å². The Morgan fingerprint density at radius 1 is 0.821 bits per heavy atom. The van der Waals surface area contributed by atoms with Crippen molar-refractivity contribution in [2.45, 2.75) is 28.7 Å². The predicted molar refractivity (Wildman–Crippen MR) is 97.2 cm³/mol. The van der Waals surface area contributed by atoms with Gasteiger partial charge >= 0.3 is 0 Å². The third kappa shape index (κ3) is 4.56. The molecule has 10 heteroatoms. The van der Waals surface area contributed by atoms with Gasteiger partial charge in [-0.15, -0.1) is 0 Å². The average Bonchev–Trinajstić information content (AvgIpc) is 2.61. The summed E-state index contributed by atoms with van der Waals surface area (Å²) in [7, 11) is -7.56. The van der Waals surface area contributed by atoms with E-state index in [2.05, 4.69) is 0 Å². The van der Waals surface area contributed by atoms with Crippen molar-refractivity contribution in [2.75, 3.05) is 13.1 Å². The van der Waals surface area contributed by atoms with Crippen LogP contribution in [0.2, 0.25) is 0 Å². The maximum atomic E-state index is 13.3. The van der Waals surface area contributed by atoms with Crippen LogP contribution in [0.15, 0.2) is 47.4 Å². The summed E-state index contributed by atoms with van der Waals surface area (Å²) in [5.74, 6) is -2.85. The van der Waals surface area contributed by atoms with Crippen molar-refractivity contribution >= 4 is 19.9 Å². The van der Waals surface area contributed by atoms with Crippen LogP contribution in [-0.4, -0.2) is 39.5 Å². The lowest BCUT2D eigenvalue weighted by Crippen LogP contribution is -2.42. The number of halogens is 3. The second kappa shape index (κ2) is 7.84. The van der Waals surface area contributed by atoms with Gasteiger partial charge in [-0.2, -0.15) is 0 Å². The highest BCUT2D eigenvalue weighted by Crippen LogP contribution is 2.27. The number of rotatable bonds is 5. The molecule has 1 fully saturated rings. The highest BCUT2D eigenvalue weighted by Gasteiger charge is 2.35. The van der Waals surface area contributed by atoms with E-state index in [4.69, 9.17) is 0 Å². The van der Waals surface area contributed by atoms with Gasteiger partial charge in [-0.05, 0) is 54.8 Å². The van der Waals surface area contributed by atoms with E-state index >= 15 is 0 Å². The molecule has 0 aromatic heterocycles. The minimum absolute atomic E-state index is 0.00885. The van der Waals surface area contributed by atoms with Crippen LogP contribution in [0.5, 0.6) is 0 Å². The van der Waals surface area contributed by atoms with Crippen LogP contribution >= 0.6 is 0 Å². The molecule has 0 amide bonds. The molecule has 2 aromatic rings. The summed E-state index contributed by atoms with van der Waals surface area (Å²) < 4.78 is 91.1. The molecule has 0 aliphatic carbocycles. The Kier molecular flexibility index (Phi) is 5.83. The average molecular weight is 433 g/mol. The summed E-state index contributed by atoms with van der Waals surface area (Å²) in [6, 6.07) is 7.05. The lowest BCUT2D eigenvalue weighted by Gasteiger charge is -2.31. The maximum Gasteiger partial charge on any atom is 0.218 e. The van der Waals surface area contributed by atoms with Gasteiger partial charge in [0.15, 0.2) is 9.84 Å². The van der Waals surface area contributed by atoms with Crippen molar-refractivity contribution in [1.29, 1.82) is 0 Å². The third-order valence-corrected chi connectivity index (χ3v) is 8.78. The first-order valence-corrected chi connectivity index (χ1v) is 11.7. The molecule has 0 radical (unpaired) electrons. The largest absolute Gasteiger partial charge is 0.223 e. The summed E-state index contributed by atoms with van der Waals surface area (Å²) in [6.45, 7) is -0.0452. The number of hydrogen-bond donors (Lipinski definition) is 0. The Bertz CT molecular complexity index is 1040. The van der Waals surface area contributed by atoms with E-state index in [1.54, 1.807) is 0 Å². The van der Waals surface area contributed by atoms with Crippen molar-refractivity contribution in [3.05, 3.63) is 65.5 Å². The molecule has 0 saturated carbocycles. The summed E-state index contributed by atoms with van der Waals surface area (Å²) in [4.78, 5) is -0.00885. The van der Waals surface area contributed by atoms with Gasteiger partial charge in [0.2, 0.25) is 10.0 Å². The Labute approximate surface area is 161 Å². The molecule has 0 spiro atoms. The molecule has 1 aliphatic rings. The molecule has 1 heterocycles. The maximum absolute atomic E-state index is 13.3. The smallest absolute Gasteiger partial charge is 0.218 e. The van der Waals surface area contributed by atoms with E-state index in [0.717, 1.165) is 28.6 Å². The third-order valence-electron chi connectivity index (χ3n) is 4.65. The fourth-order valence-corrected chi connectivity index (χ4v) is 6.50. The van der Waals surface area contributed by atoms with Crippen LogP contribution in [0.1, 0.15) is 18.4 Å². The zero-order chi connectivity index (χ0) is 20.5. The molecule has 0 unspecified atom stereocenters. The fraction of sp³-hybridized carbons (Fsp3) is 0.333. The minimum Gasteiger partial charge on any atom is -0.223 e. The number of piperidine rings is 1. The van der Waals surface area contributed by atoms with Crippen molar-refractivity contribution in [1.82, 2.24) is 4.31 Å². The van der Waals surface area contributed by atoms with E-state index in [1.165, 1.54) is 12.1 Å². The van der Waals surface area contributed by atoms with Crippen molar-refractivity contribution < 1.29 is 30.0 Å². The first-order chi connectivity index (χ1) is 13.1. The zero-order valence-electron chi connectivity index (χ0n) is 14.7. The van der Waals surface area contributed by atoms with E-state index in [9.17, 15) is 30.0 Å². The Morgan fingerprint density at radius 3 is 1.89 bits per heavy atom. The molecule has 3 rings (SSSR count). The first kappa shape index (κ1) is 20.8. The van der Waals surface area contributed by atoms with E-state index in [-0.39, 0.29) is 36.4 Å². The molecule has 5 nitrogen and oxygen atoms in total. The van der Waals surface area contributed by atoms with Crippen LogP contribution in [-0.2, 0) is 25.6 Å². The van der Waals surface area contributed by atoms with Crippen LogP contribution in [0.25, 0.3) is 0 Å². The number of benzene rings is 2. The monoisotopic (exact) mass is 433 g/mol. The molecular weight excluding hydrogens is 415 g/mol. The number of sulfonamides is 1. The molecule has 152 valence electrons. The minimum atomic E-state index is -3.85. The first-order valence-electron chi connectivity index (χ1n) is 8.50. The highest BCUT2D eigenvalue weighted by atomic mass is 32.2. The molecule has 28 heavy (non-hydrogen) atoms. The van der Waals surface area contributed by atoms with Gasteiger partial charge in [0, 0.05) is 19.2 Å². The topological polar surface area (TPSA) is 71.5 Å². The number of hydrogen-bond acceptors (Lipinski definition) is 4. The number of nitrogens with zero attached hydrogens (tertiary/aromatic N) is 1. The highest BCUT2D eigenvalue weighted by molar-refractivity contribution is 7.92. The second-order valence-corrected chi connectivity index (χ2v) is 10.8. The van der Waals surface area contributed by atoms with Crippen molar-refractivity contribution in [2.24, 2.45) is 0 Å². The van der Waals surface area contributed by atoms with Crippen molar-refractivity contribution in [3.8, 4) is 0 Å². The quantitative estimate of drug-likeness (QED) is 0.680. The van der Waals surface area contributed by atoms with Gasteiger partial charge in [0.1, 0.15) is 17.5 Å². The molecule has 2 aromatic carbocycles. The molecule has 0 bridgehead atoms. The summed E-state index contributed by atoms with van der Waals surface area (Å²) in [5.41, 5.74) is -0.0152. The number of sulfone groups is 1. The van der Waals surface area contributed by atoms with Gasteiger partial charge in [0.25, 0.3) is 0 Å². The van der Waals surface area contributed by atoms with Gasteiger partial charge in [0.05, 0.1) is 15.9 Å². The van der Waals surface area contributed by atoms with Crippen LogP contribution < -0.4 is 0 Å². The summed E-state index contributed by atoms with van der Waals surface area (Å²) in [5, 5.41) is -0.781. The predicted octanol–water partition coefficient (Wildman–Crippen LogP) is 2.87. The molecule has 1 saturated heterocycles. The Hall–Kier alpha value is -1.91. The fourth-order valence-electron chi connectivity index (χ4n) is 3.23. The van der Waals surface area contributed by atoms with E-state index in [0.29, 0.717) is 6.07 Å². The SMILES string of the molecule is O=S(=O)(c1ccc(F)cc1)C1CCN(S(=O)(=O)Cc2cc(F)cc(F)c2)CC1. The second-order valence-electron chi connectivity index (χ2n) is 6.63. The van der Waals surface area contributed by atoms with E-state index < -0.39 is 48.3 Å². The van der Waals surface area contributed by atoms with E-state index in [1.807, 2.05) is 0 Å². The molecular formula is C18H18F3NO4S2.